The largest absolute Gasteiger partial charge is 0.493 e. The summed E-state index contributed by atoms with van der Waals surface area (Å²) in [7, 11) is 3.21. The molecule has 0 aliphatic carbocycles. The first-order chi connectivity index (χ1) is 13.5. The van der Waals surface area contributed by atoms with Crippen LogP contribution in [0.25, 0.3) is 11.3 Å². The molecule has 1 aliphatic rings. The number of ether oxygens (including phenoxy) is 2. The standard InChI is InChI=1S/C21H27N3O3S/c1-14-6-5-7-15(2)24(14)21(25)13-28-20-11-9-17(22-23-20)16-8-10-18(26-3)19(12-16)27-4/h8-12,14-15H,5-7,13H2,1-4H3/t14-,15+. The average molecular weight is 402 g/mol. The van der Waals surface area contributed by atoms with Crippen LogP contribution >= 0.6 is 11.8 Å². The van der Waals surface area contributed by atoms with Crippen LogP contribution in [0.3, 0.4) is 0 Å². The van der Waals surface area contributed by atoms with Crippen molar-refractivity contribution in [2.75, 3.05) is 20.0 Å². The Morgan fingerprint density at radius 2 is 1.79 bits per heavy atom. The first-order valence-corrected chi connectivity index (χ1v) is 10.5. The molecule has 1 aliphatic heterocycles. The van der Waals surface area contributed by atoms with Crippen molar-refractivity contribution in [2.45, 2.75) is 50.2 Å². The fourth-order valence-electron chi connectivity index (χ4n) is 3.67. The van der Waals surface area contributed by atoms with E-state index in [1.165, 1.54) is 18.2 Å². The van der Waals surface area contributed by atoms with Gasteiger partial charge in [-0.3, -0.25) is 4.79 Å². The molecule has 0 saturated carbocycles. The zero-order chi connectivity index (χ0) is 20.1. The number of aromatic nitrogens is 2. The van der Waals surface area contributed by atoms with Gasteiger partial charge in [-0.05, 0) is 63.4 Å². The van der Waals surface area contributed by atoms with Crippen LogP contribution in [-0.4, -0.2) is 53.1 Å². The minimum absolute atomic E-state index is 0.176. The van der Waals surface area contributed by atoms with E-state index in [0.717, 1.165) is 29.1 Å². The number of likely N-dealkylation sites (tertiary alicyclic amines) is 1. The third-order valence-corrected chi connectivity index (χ3v) is 6.05. The first-order valence-electron chi connectivity index (χ1n) is 9.53. The van der Waals surface area contributed by atoms with Crippen molar-refractivity contribution in [2.24, 2.45) is 0 Å². The number of carbonyl (C=O) groups is 1. The lowest BCUT2D eigenvalue weighted by atomic mass is 9.98. The first kappa shape index (κ1) is 20.5. The van der Waals surface area contributed by atoms with Gasteiger partial charge < -0.3 is 14.4 Å². The topological polar surface area (TPSA) is 64.5 Å². The highest BCUT2D eigenvalue weighted by Crippen LogP contribution is 2.32. The summed E-state index contributed by atoms with van der Waals surface area (Å²) in [5.41, 5.74) is 1.64. The zero-order valence-corrected chi connectivity index (χ0v) is 17.7. The highest BCUT2D eigenvalue weighted by atomic mass is 32.2. The zero-order valence-electron chi connectivity index (χ0n) is 16.8. The molecule has 6 nitrogen and oxygen atoms in total. The molecule has 2 heterocycles. The molecule has 1 fully saturated rings. The Bertz CT molecular complexity index is 803. The second kappa shape index (κ2) is 9.28. The third-order valence-electron chi connectivity index (χ3n) is 5.14. The van der Waals surface area contributed by atoms with E-state index in [2.05, 4.69) is 24.0 Å². The molecule has 0 N–H and O–H groups in total. The van der Waals surface area contributed by atoms with E-state index in [1.807, 2.05) is 35.2 Å². The molecule has 28 heavy (non-hydrogen) atoms. The van der Waals surface area contributed by atoms with Gasteiger partial charge in [0, 0.05) is 17.6 Å². The highest BCUT2D eigenvalue weighted by molar-refractivity contribution is 7.99. The van der Waals surface area contributed by atoms with Crippen molar-refractivity contribution in [3.05, 3.63) is 30.3 Å². The number of amides is 1. The van der Waals surface area contributed by atoms with Crippen LogP contribution in [0.1, 0.15) is 33.1 Å². The van der Waals surface area contributed by atoms with Gasteiger partial charge in [0.25, 0.3) is 0 Å². The van der Waals surface area contributed by atoms with Crippen LogP contribution in [0.2, 0.25) is 0 Å². The number of methoxy groups -OCH3 is 2. The number of rotatable bonds is 6. The van der Waals surface area contributed by atoms with E-state index in [4.69, 9.17) is 9.47 Å². The summed E-state index contributed by atoms with van der Waals surface area (Å²) in [5.74, 6) is 1.89. The van der Waals surface area contributed by atoms with Crippen LogP contribution < -0.4 is 9.47 Å². The van der Waals surface area contributed by atoms with Gasteiger partial charge in [-0.25, -0.2) is 0 Å². The van der Waals surface area contributed by atoms with Crippen LogP contribution in [-0.2, 0) is 4.79 Å². The molecular formula is C21H27N3O3S. The number of hydrogen-bond donors (Lipinski definition) is 0. The molecule has 2 atom stereocenters. The minimum atomic E-state index is 0.176. The van der Waals surface area contributed by atoms with Gasteiger partial charge in [0.15, 0.2) is 11.5 Å². The number of thioether (sulfide) groups is 1. The van der Waals surface area contributed by atoms with E-state index in [1.54, 1.807) is 14.2 Å². The lowest BCUT2D eigenvalue weighted by Crippen LogP contribution is -2.48. The normalized spacial score (nSPS) is 19.4. The van der Waals surface area contributed by atoms with Crippen LogP contribution in [0.15, 0.2) is 35.4 Å². The predicted octanol–water partition coefficient (Wildman–Crippen LogP) is 4.04. The summed E-state index contributed by atoms with van der Waals surface area (Å²) in [6.45, 7) is 4.27. The van der Waals surface area contributed by atoms with Crippen molar-refractivity contribution in [1.82, 2.24) is 15.1 Å². The molecule has 1 aromatic heterocycles. The van der Waals surface area contributed by atoms with Gasteiger partial charge in [0.1, 0.15) is 5.03 Å². The molecule has 1 aromatic carbocycles. The lowest BCUT2D eigenvalue weighted by Gasteiger charge is -2.39. The molecule has 1 amide bonds. The fraction of sp³-hybridized carbons (Fsp3) is 0.476. The summed E-state index contributed by atoms with van der Waals surface area (Å²) < 4.78 is 10.6. The van der Waals surface area contributed by atoms with Crippen LogP contribution in [0.4, 0.5) is 0 Å². The van der Waals surface area contributed by atoms with Gasteiger partial charge in [0.2, 0.25) is 5.91 Å². The summed E-state index contributed by atoms with van der Waals surface area (Å²) in [6.07, 6.45) is 3.36. The monoisotopic (exact) mass is 401 g/mol. The third kappa shape index (κ3) is 4.58. The van der Waals surface area contributed by atoms with E-state index >= 15 is 0 Å². The van der Waals surface area contributed by atoms with Crippen molar-refractivity contribution in [1.29, 1.82) is 0 Å². The van der Waals surface area contributed by atoms with Crippen molar-refractivity contribution in [3.8, 4) is 22.8 Å². The second-order valence-corrected chi connectivity index (χ2v) is 8.04. The molecule has 3 rings (SSSR count). The average Bonchev–Trinajstić information content (AvgIpc) is 2.72. The van der Waals surface area contributed by atoms with Crippen molar-refractivity contribution >= 4 is 17.7 Å². The smallest absolute Gasteiger partial charge is 0.233 e. The molecule has 0 radical (unpaired) electrons. The molecule has 2 aromatic rings. The fourth-order valence-corrected chi connectivity index (χ4v) is 4.35. The molecule has 0 unspecified atom stereocenters. The number of nitrogens with zero attached hydrogens (tertiary/aromatic N) is 3. The van der Waals surface area contributed by atoms with E-state index in [9.17, 15) is 4.79 Å². The summed E-state index contributed by atoms with van der Waals surface area (Å²) >= 11 is 1.43. The summed E-state index contributed by atoms with van der Waals surface area (Å²) in [4.78, 5) is 14.7. The Morgan fingerprint density at radius 3 is 2.39 bits per heavy atom. The number of benzene rings is 1. The van der Waals surface area contributed by atoms with E-state index < -0.39 is 0 Å². The highest BCUT2D eigenvalue weighted by Gasteiger charge is 2.28. The van der Waals surface area contributed by atoms with Gasteiger partial charge in [-0.1, -0.05) is 11.8 Å². The van der Waals surface area contributed by atoms with E-state index in [-0.39, 0.29) is 5.91 Å². The summed E-state index contributed by atoms with van der Waals surface area (Å²) in [6, 6.07) is 10.1. The molecule has 7 heteroatoms. The molecule has 150 valence electrons. The predicted molar refractivity (Wildman–Crippen MR) is 111 cm³/mol. The Balaban J connectivity index is 1.64. The maximum atomic E-state index is 12.6. The maximum absolute atomic E-state index is 12.6. The molecule has 0 bridgehead atoms. The quantitative estimate of drug-likeness (QED) is 0.681. The Morgan fingerprint density at radius 1 is 1.07 bits per heavy atom. The molecule has 0 spiro atoms. The maximum Gasteiger partial charge on any atom is 0.233 e. The Labute approximate surface area is 170 Å². The SMILES string of the molecule is COc1ccc(-c2ccc(SCC(=O)N3[C@H](C)CCC[C@@H]3C)nn2)cc1OC. The van der Waals surface area contributed by atoms with Crippen molar-refractivity contribution in [3.63, 3.8) is 0 Å². The summed E-state index contributed by atoms with van der Waals surface area (Å²) in [5, 5.41) is 9.33. The second-order valence-electron chi connectivity index (χ2n) is 7.05. The minimum Gasteiger partial charge on any atom is -0.493 e. The van der Waals surface area contributed by atoms with Gasteiger partial charge in [-0.15, -0.1) is 10.2 Å². The van der Waals surface area contributed by atoms with Crippen molar-refractivity contribution < 1.29 is 14.3 Å². The molecular weight excluding hydrogens is 374 g/mol. The van der Waals surface area contributed by atoms with E-state index in [0.29, 0.717) is 29.3 Å². The van der Waals surface area contributed by atoms with Gasteiger partial charge in [0.05, 0.1) is 25.7 Å². The number of piperidine rings is 1. The Kier molecular flexibility index (Phi) is 6.78. The lowest BCUT2D eigenvalue weighted by molar-refractivity contribution is -0.134. The molecule has 1 saturated heterocycles. The van der Waals surface area contributed by atoms with Gasteiger partial charge in [-0.2, -0.15) is 0 Å². The van der Waals surface area contributed by atoms with Crippen LogP contribution in [0, 0.1) is 0 Å². The number of carbonyl (C=O) groups excluding carboxylic acids is 1. The van der Waals surface area contributed by atoms with Gasteiger partial charge >= 0.3 is 0 Å². The van der Waals surface area contributed by atoms with Crippen LogP contribution in [0.5, 0.6) is 11.5 Å². The Hall–Kier alpha value is -2.28. The number of hydrogen-bond acceptors (Lipinski definition) is 6.